The summed E-state index contributed by atoms with van der Waals surface area (Å²) in [7, 11) is 3.51. The molecule has 0 aromatic heterocycles. The molecule has 0 N–H and O–H groups in total. The minimum Gasteiger partial charge on any atom is -0.348 e. The number of likely N-dealkylation sites (N-methyl/N-ethyl adjacent to an activating group) is 1. The second-order valence-corrected chi connectivity index (χ2v) is 6.27. The van der Waals surface area contributed by atoms with Gasteiger partial charge >= 0.3 is 0 Å². The van der Waals surface area contributed by atoms with Crippen LogP contribution in [0.25, 0.3) is 0 Å². The van der Waals surface area contributed by atoms with E-state index in [9.17, 15) is 13.6 Å². The summed E-state index contributed by atoms with van der Waals surface area (Å²) in [5.41, 5.74) is 0.184. The Kier molecular flexibility index (Phi) is 5.89. The van der Waals surface area contributed by atoms with Crippen molar-refractivity contribution in [2.45, 2.75) is 25.7 Å². The molecule has 1 heterocycles. The van der Waals surface area contributed by atoms with Crippen LogP contribution in [0.4, 0.5) is 8.78 Å². The molecule has 2 rings (SSSR count). The third kappa shape index (κ3) is 4.50. The van der Waals surface area contributed by atoms with Crippen LogP contribution in [0.15, 0.2) is 18.2 Å². The summed E-state index contributed by atoms with van der Waals surface area (Å²) < 4.78 is 27.3. The number of amides is 1. The van der Waals surface area contributed by atoms with Gasteiger partial charge in [0.15, 0.2) is 0 Å². The van der Waals surface area contributed by atoms with Crippen molar-refractivity contribution in [3.8, 4) is 0 Å². The van der Waals surface area contributed by atoms with Gasteiger partial charge in [-0.3, -0.25) is 9.69 Å². The average Bonchev–Trinajstić information content (AvgIpc) is 2.47. The van der Waals surface area contributed by atoms with E-state index in [0.29, 0.717) is 18.9 Å². The molecule has 0 spiro atoms. The first kappa shape index (κ1) is 16.9. The van der Waals surface area contributed by atoms with Gasteiger partial charge in [0.05, 0.1) is 6.54 Å². The molecule has 1 fully saturated rings. The lowest BCUT2D eigenvalue weighted by molar-refractivity contribution is -0.130. The first-order chi connectivity index (χ1) is 10.5. The van der Waals surface area contributed by atoms with E-state index in [-0.39, 0.29) is 11.5 Å². The molecule has 1 saturated heterocycles. The molecule has 1 unspecified atom stereocenters. The van der Waals surface area contributed by atoms with Crippen LogP contribution in [0.5, 0.6) is 0 Å². The van der Waals surface area contributed by atoms with Crippen LogP contribution in [0.3, 0.4) is 0 Å². The molecular formula is C17H24F2N2O. The molecule has 1 aromatic rings. The molecule has 122 valence electrons. The first-order valence-corrected chi connectivity index (χ1v) is 7.82. The second kappa shape index (κ2) is 7.68. The highest BCUT2D eigenvalue weighted by Gasteiger charge is 2.22. The fourth-order valence-electron chi connectivity index (χ4n) is 2.98. The van der Waals surface area contributed by atoms with Crippen LogP contribution in [-0.4, -0.2) is 49.4 Å². The summed E-state index contributed by atoms with van der Waals surface area (Å²) >= 11 is 0. The van der Waals surface area contributed by atoms with Crippen LogP contribution in [-0.2, 0) is 11.2 Å². The molecule has 22 heavy (non-hydrogen) atoms. The Morgan fingerprint density at radius 1 is 1.32 bits per heavy atom. The number of carbonyl (C=O) groups is 1. The van der Waals surface area contributed by atoms with Gasteiger partial charge in [-0.15, -0.1) is 0 Å². The summed E-state index contributed by atoms with van der Waals surface area (Å²) in [6, 6.07) is 4.01. The van der Waals surface area contributed by atoms with Gasteiger partial charge in [0, 0.05) is 26.2 Å². The van der Waals surface area contributed by atoms with Crippen LogP contribution in [0.2, 0.25) is 0 Å². The Balaban J connectivity index is 1.87. The molecular weight excluding hydrogens is 286 g/mol. The Morgan fingerprint density at radius 3 is 2.64 bits per heavy atom. The fraction of sp³-hybridized carbons (Fsp3) is 0.588. The van der Waals surface area contributed by atoms with Crippen molar-refractivity contribution in [1.82, 2.24) is 9.80 Å². The van der Waals surface area contributed by atoms with Crippen LogP contribution < -0.4 is 0 Å². The lowest BCUT2D eigenvalue weighted by atomic mass is 9.91. The smallest absolute Gasteiger partial charge is 0.236 e. The molecule has 1 aliphatic rings. The molecule has 0 radical (unpaired) electrons. The van der Waals surface area contributed by atoms with Gasteiger partial charge in [0.1, 0.15) is 11.6 Å². The molecule has 1 aromatic carbocycles. The largest absolute Gasteiger partial charge is 0.348 e. The fourth-order valence-corrected chi connectivity index (χ4v) is 2.98. The minimum atomic E-state index is -0.463. The maximum absolute atomic E-state index is 13.6. The standard InChI is InChI=1S/C17H24F2N2O/c1-20(2)17(22)12-21-10-4-5-13(11-21)8-9-14-15(18)6-3-7-16(14)19/h3,6-7,13H,4-5,8-12H2,1-2H3. The number of hydrogen-bond donors (Lipinski definition) is 0. The summed E-state index contributed by atoms with van der Waals surface area (Å²) in [4.78, 5) is 15.5. The predicted octanol–water partition coefficient (Wildman–Crippen LogP) is 2.70. The van der Waals surface area contributed by atoms with E-state index in [1.54, 1.807) is 19.0 Å². The van der Waals surface area contributed by atoms with Gasteiger partial charge in [-0.2, -0.15) is 0 Å². The van der Waals surface area contributed by atoms with Crippen LogP contribution >= 0.6 is 0 Å². The van der Waals surface area contributed by atoms with Crippen molar-refractivity contribution in [2.75, 3.05) is 33.7 Å². The quantitative estimate of drug-likeness (QED) is 0.835. The van der Waals surface area contributed by atoms with Crippen molar-refractivity contribution >= 4 is 5.91 Å². The van der Waals surface area contributed by atoms with Crippen molar-refractivity contribution in [2.24, 2.45) is 5.92 Å². The number of carbonyl (C=O) groups excluding carboxylic acids is 1. The number of benzene rings is 1. The summed E-state index contributed by atoms with van der Waals surface area (Å²) in [5.74, 6) is -0.436. The summed E-state index contributed by atoms with van der Waals surface area (Å²) in [5, 5.41) is 0. The lowest BCUT2D eigenvalue weighted by Gasteiger charge is -2.33. The maximum Gasteiger partial charge on any atom is 0.236 e. The van der Waals surface area contributed by atoms with E-state index in [2.05, 4.69) is 4.90 Å². The van der Waals surface area contributed by atoms with E-state index >= 15 is 0 Å². The van der Waals surface area contributed by atoms with Crippen LogP contribution in [0.1, 0.15) is 24.8 Å². The number of hydrogen-bond acceptors (Lipinski definition) is 2. The molecule has 3 nitrogen and oxygen atoms in total. The zero-order valence-electron chi connectivity index (χ0n) is 13.3. The van der Waals surface area contributed by atoms with E-state index in [0.717, 1.165) is 32.4 Å². The van der Waals surface area contributed by atoms with E-state index in [1.165, 1.54) is 18.2 Å². The van der Waals surface area contributed by atoms with Crippen molar-refractivity contribution in [1.29, 1.82) is 0 Å². The number of likely N-dealkylation sites (tertiary alicyclic amines) is 1. The highest BCUT2D eigenvalue weighted by molar-refractivity contribution is 5.77. The van der Waals surface area contributed by atoms with Gasteiger partial charge in [0.2, 0.25) is 5.91 Å². The summed E-state index contributed by atoms with van der Waals surface area (Å²) in [6.07, 6.45) is 3.26. The monoisotopic (exact) mass is 310 g/mol. The normalized spacial score (nSPS) is 19.2. The van der Waals surface area contributed by atoms with Crippen molar-refractivity contribution < 1.29 is 13.6 Å². The number of piperidine rings is 1. The molecule has 1 atom stereocenters. The average molecular weight is 310 g/mol. The van der Waals surface area contributed by atoms with Gasteiger partial charge in [0.25, 0.3) is 0 Å². The first-order valence-electron chi connectivity index (χ1n) is 7.82. The zero-order chi connectivity index (χ0) is 16.1. The third-order valence-corrected chi connectivity index (χ3v) is 4.33. The number of halogens is 2. The zero-order valence-corrected chi connectivity index (χ0v) is 13.3. The molecule has 0 saturated carbocycles. The van der Waals surface area contributed by atoms with Crippen LogP contribution in [0, 0.1) is 17.6 Å². The number of rotatable bonds is 5. The van der Waals surface area contributed by atoms with Gasteiger partial charge in [-0.1, -0.05) is 6.07 Å². The Hall–Kier alpha value is -1.49. The number of nitrogens with zero attached hydrogens (tertiary/aromatic N) is 2. The van der Waals surface area contributed by atoms with Crippen molar-refractivity contribution in [3.05, 3.63) is 35.4 Å². The van der Waals surface area contributed by atoms with E-state index < -0.39 is 11.6 Å². The Labute approximate surface area is 130 Å². The highest BCUT2D eigenvalue weighted by Crippen LogP contribution is 2.23. The van der Waals surface area contributed by atoms with E-state index in [1.807, 2.05) is 0 Å². The second-order valence-electron chi connectivity index (χ2n) is 6.27. The molecule has 1 amide bonds. The molecule has 5 heteroatoms. The van der Waals surface area contributed by atoms with E-state index in [4.69, 9.17) is 0 Å². The minimum absolute atomic E-state index is 0.0980. The predicted molar refractivity (Wildman–Crippen MR) is 82.5 cm³/mol. The molecule has 1 aliphatic heterocycles. The highest BCUT2D eigenvalue weighted by atomic mass is 19.1. The lowest BCUT2D eigenvalue weighted by Crippen LogP contribution is -2.42. The maximum atomic E-state index is 13.6. The Morgan fingerprint density at radius 2 is 2.00 bits per heavy atom. The SMILES string of the molecule is CN(C)C(=O)CN1CCCC(CCc2c(F)cccc2F)C1. The summed E-state index contributed by atoms with van der Waals surface area (Å²) in [6.45, 7) is 2.18. The molecule has 0 aliphatic carbocycles. The van der Waals surface area contributed by atoms with Crippen molar-refractivity contribution in [3.63, 3.8) is 0 Å². The topological polar surface area (TPSA) is 23.6 Å². The molecule has 0 bridgehead atoms. The Bertz CT molecular complexity index is 499. The third-order valence-electron chi connectivity index (χ3n) is 4.33. The van der Waals surface area contributed by atoms with Gasteiger partial charge in [-0.25, -0.2) is 8.78 Å². The van der Waals surface area contributed by atoms with Gasteiger partial charge in [-0.05, 0) is 50.3 Å². The van der Waals surface area contributed by atoms with Gasteiger partial charge < -0.3 is 4.90 Å².